The molecule has 0 bridgehead atoms. The van der Waals surface area contributed by atoms with E-state index in [-0.39, 0.29) is 17.9 Å². The average Bonchev–Trinajstić information content (AvgIpc) is 2.86. The largest absolute Gasteiger partial charge is 0.488 e. The molecule has 1 aliphatic rings. The fourth-order valence-corrected chi connectivity index (χ4v) is 4.08. The maximum absolute atomic E-state index is 13.4. The summed E-state index contributed by atoms with van der Waals surface area (Å²) in [5.41, 5.74) is 2.07. The highest BCUT2D eigenvalue weighted by Gasteiger charge is 2.37. The van der Waals surface area contributed by atoms with E-state index in [1.807, 2.05) is 19.1 Å². The first-order chi connectivity index (χ1) is 17.3. The fraction of sp³-hybridized carbons (Fsp3) is 0.115. The Morgan fingerprint density at radius 3 is 2.47 bits per heavy atom. The van der Waals surface area contributed by atoms with Crippen molar-refractivity contribution in [2.24, 2.45) is 0 Å². The van der Waals surface area contributed by atoms with Gasteiger partial charge in [-0.15, -0.1) is 0 Å². The van der Waals surface area contributed by atoms with Crippen LogP contribution in [-0.4, -0.2) is 22.8 Å². The molecule has 1 heterocycles. The molecule has 1 N–H and O–H groups in total. The molecule has 0 aromatic heterocycles. The average molecular weight is 550 g/mol. The van der Waals surface area contributed by atoms with Crippen molar-refractivity contribution in [1.82, 2.24) is 5.32 Å². The number of anilines is 1. The zero-order valence-electron chi connectivity index (χ0n) is 19.1. The third kappa shape index (κ3) is 5.18. The zero-order chi connectivity index (χ0) is 25.8. The number of carbonyl (C=O) groups excluding carboxylic acids is 3. The number of aryl methyl sites for hydroxylation is 1. The summed E-state index contributed by atoms with van der Waals surface area (Å²) in [4.78, 5) is 49.9. The van der Waals surface area contributed by atoms with Gasteiger partial charge in [0.25, 0.3) is 17.5 Å². The molecule has 0 saturated carbocycles. The van der Waals surface area contributed by atoms with E-state index in [4.69, 9.17) is 4.74 Å². The van der Waals surface area contributed by atoms with Crippen LogP contribution in [0.1, 0.15) is 23.6 Å². The summed E-state index contributed by atoms with van der Waals surface area (Å²) in [6.07, 6.45) is 1.97. The number of hydrogen-bond donors (Lipinski definition) is 1. The van der Waals surface area contributed by atoms with Crippen LogP contribution in [0.25, 0.3) is 6.08 Å². The van der Waals surface area contributed by atoms with Gasteiger partial charge in [0.2, 0.25) is 0 Å². The van der Waals surface area contributed by atoms with E-state index >= 15 is 0 Å². The molecular formula is C26H20BrN3O6. The van der Waals surface area contributed by atoms with Gasteiger partial charge < -0.3 is 4.74 Å². The predicted octanol–water partition coefficient (Wildman–Crippen LogP) is 5.17. The molecule has 0 radical (unpaired) electrons. The van der Waals surface area contributed by atoms with E-state index in [0.717, 1.165) is 10.5 Å². The van der Waals surface area contributed by atoms with Crippen molar-refractivity contribution in [3.05, 3.63) is 104 Å². The van der Waals surface area contributed by atoms with Gasteiger partial charge in [-0.05, 0) is 60.0 Å². The molecule has 0 spiro atoms. The van der Waals surface area contributed by atoms with Crippen molar-refractivity contribution in [2.75, 3.05) is 4.90 Å². The van der Waals surface area contributed by atoms with Gasteiger partial charge in [-0.25, -0.2) is 9.69 Å². The lowest BCUT2D eigenvalue weighted by atomic mass is 10.0. The Labute approximate surface area is 214 Å². The lowest BCUT2D eigenvalue weighted by molar-refractivity contribution is -0.384. The van der Waals surface area contributed by atoms with Crippen LogP contribution in [0.15, 0.2) is 76.8 Å². The Hall–Kier alpha value is -4.31. The minimum absolute atomic E-state index is 0.0293. The summed E-state index contributed by atoms with van der Waals surface area (Å²) >= 11 is 3.39. The summed E-state index contributed by atoms with van der Waals surface area (Å²) in [5.74, 6) is -1.18. The monoisotopic (exact) mass is 549 g/mol. The Morgan fingerprint density at radius 2 is 1.78 bits per heavy atom. The molecule has 36 heavy (non-hydrogen) atoms. The van der Waals surface area contributed by atoms with Crippen LogP contribution in [0.4, 0.5) is 16.2 Å². The van der Waals surface area contributed by atoms with Crippen LogP contribution in [0.2, 0.25) is 0 Å². The number of barbiturate groups is 1. The summed E-state index contributed by atoms with van der Waals surface area (Å²) in [7, 11) is 0. The molecule has 3 aromatic carbocycles. The first-order valence-corrected chi connectivity index (χ1v) is 11.7. The lowest BCUT2D eigenvalue weighted by Crippen LogP contribution is -2.54. The first kappa shape index (κ1) is 24.8. The standard InChI is InChI=1S/C26H20BrN3O6/c1-2-17-5-3-4-6-22(17)29-25(32)21(24(31)28-26(29)33)14-18-13-19(27)9-12-23(18)36-15-16-7-10-20(11-8-16)30(34)35/h3-14H,2,15H2,1H3,(H,28,31,33)/b21-14-. The number of nitro groups is 1. The second kappa shape index (κ2) is 10.5. The number of imide groups is 2. The van der Waals surface area contributed by atoms with Crippen LogP contribution in [0.5, 0.6) is 5.75 Å². The third-order valence-corrected chi connectivity index (χ3v) is 6.02. The SMILES string of the molecule is CCc1ccccc1N1C(=O)NC(=O)/C(=C/c2cc(Br)ccc2OCc2ccc([N+](=O)[O-])cc2)C1=O. The number of carbonyl (C=O) groups is 3. The van der Waals surface area contributed by atoms with Crippen molar-refractivity contribution >= 4 is 51.2 Å². The normalized spacial score (nSPS) is 14.7. The van der Waals surface area contributed by atoms with Gasteiger partial charge in [0.15, 0.2) is 0 Å². The topological polar surface area (TPSA) is 119 Å². The number of para-hydroxylation sites is 1. The molecular weight excluding hydrogens is 530 g/mol. The third-order valence-electron chi connectivity index (χ3n) is 5.53. The number of hydrogen-bond acceptors (Lipinski definition) is 6. The van der Waals surface area contributed by atoms with Crippen molar-refractivity contribution in [3.63, 3.8) is 0 Å². The lowest BCUT2D eigenvalue weighted by Gasteiger charge is -2.28. The highest BCUT2D eigenvalue weighted by atomic mass is 79.9. The predicted molar refractivity (Wildman–Crippen MR) is 136 cm³/mol. The molecule has 0 atom stereocenters. The smallest absolute Gasteiger partial charge is 0.335 e. The summed E-state index contributed by atoms with van der Waals surface area (Å²) in [5, 5.41) is 13.1. The quantitative estimate of drug-likeness (QED) is 0.188. The van der Waals surface area contributed by atoms with Gasteiger partial charge in [0.1, 0.15) is 17.9 Å². The molecule has 10 heteroatoms. The van der Waals surface area contributed by atoms with Crippen molar-refractivity contribution in [3.8, 4) is 5.75 Å². The van der Waals surface area contributed by atoms with Crippen LogP contribution in [-0.2, 0) is 22.6 Å². The Kier molecular flexibility index (Phi) is 7.25. The Balaban J connectivity index is 1.65. The van der Waals surface area contributed by atoms with Gasteiger partial charge >= 0.3 is 6.03 Å². The second-order valence-electron chi connectivity index (χ2n) is 7.83. The summed E-state index contributed by atoms with van der Waals surface area (Å²) in [6.45, 7) is 2.01. The minimum atomic E-state index is -0.813. The van der Waals surface area contributed by atoms with Crippen molar-refractivity contribution in [2.45, 2.75) is 20.0 Å². The fourth-order valence-electron chi connectivity index (χ4n) is 3.70. The van der Waals surface area contributed by atoms with Crippen LogP contribution >= 0.6 is 15.9 Å². The van der Waals surface area contributed by atoms with Crippen molar-refractivity contribution < 1.29 is 24.0 Å². The van der Waals surface area contributed by atoms with E-state index in [1.54, 1.807) is 42.5 Å². The van der Waals surface area contributed by atoms with E-state index in [2.05, 4.69) is 21.2 Å². The second-order valence-corrected chi connectivity index (χ2v) is 8.75. The number of amides is 4. The Bertz CT molecular complexity index is 1400. The molecule has 1 saturated heterocycles. The molecule has 9 nitrogen and oxygen atoms in total. The zero-order valence-corrected chi connectivity index (χ0v) is 20.7. The first-order valence-electron chi connectivity index (χ1n) is 10.9. The maximum atomic E-state index is 13.4. The molecule has 3 aromatic rings. The Morgan fingerprint density at radius 1 is 1.06 bits per heavy atom. The number of benzene rings is 3. The van der Waals surface area contributed by atoms with E-state index in [1.165, 1.54) is 18.2 Å². The van der Waals surface area contributed by atoms with Gasteiger partial charge in [-0.2, -0.15) is 0 Å². The van der Waals surface area contributed by atoms with Gasteiger partial charge in [0.05, 0.1) is 10.6 Å². The molecule has 1 aliphatic heterocycles. The number of nitrogens with one attached hydrogen (secondary N) is 1. The number of nitrogens with zero attached hydrogens (tertiary/aromatic N) is 2. The van der Waals surface area contributed by atoms with Crippen molar-refractivity contribution in [1.29, 1.82) is 0 Å². The number of non-ortho nitro benzene ring substituents is 1. The van der Waals surface area contributed by atoms with Crippen LogP contribution in [0, 0.1) is 10.1 Å². The molecule has 1 fully saturated rings. The van der Waals surface area contributed by atoms with E-state index < -0.39 is 22.8 Å². The molecule has 0 unspecified atom stereocenters. The minimum Gasteiger partial charge on any atom is -0.488 e. The highest BCUT2D eigenvalue weighted by molar-refractivity contribution is 9.10. The number of rotatable bonds is 7. The summed E-state index contributed by atoms with van der Waals surface area (Å²) < 4.78 is 6.59. The molecule has 182 valence electrons. The van der Waals surface area contributed by atoms with Crippen LogP contribution in [0.3, 0.4) is 0 Å². The molecule has 4 amide bonds. The van der Waals surface area contributed by atoms with Gasteiger partial charge in [-0.1, -0.05) is 41.1 Å². The van der Waals surface area contributed by atoms with Gasteiger partial charge in [-0.3, -0.25) is 25.0 Å². The number of halogens is 1. The summed E-state index contributed by atoms with van der Waals surface area (Å²) in [6, 6.07) is 17.2. The molecule has 0 aliphatic carbocycles. The highest BCUT2D eigenvalue weighted by Crippen LogP contribution is 2.30. The number of ether oxygens (including phenoxy) is 1. The number of urea groups is 1. The maximum Gasteiger partial charge on any atom is 0.335 e. The molecule has 4 rings (SSSR count). The van der Waals surface area contributed by atoms with Gasteiger partial charge in [0, 0.05) is 22.2 Å². The van der Waals surface area contributed by atoms with Crippen LogP contribution < -0.4 is 15.0 Å². The van der Waals surface area contributed by atoms with E-state index in [0.29, 0.717) is 33.5 Å². The van der Waals surface area contributed by atoms with E-state index in [9.17, 15) is 24.5 Å². The number of nitro benzene ring substituents is 1.